The first-order chi connectivity index (χ1) is 8.57. The van der Waals surface area contributed by atoms with Crippen molar-refractivity contribution in [2.45, 2.75) is 37.9 Å². The van der Waals surface area contributed by atoms with Crippen molar-refractivity contribution in [1.82, 2.24) is 4.31 Å². The van der Waals surface area contributed by atoms with Crippen molar-refractivity contribution >= 4 is 10.0 Å². The van der Waals surface area contributed by atoms with Crippen LogP contribution in [0.25, 0.3) is 0 Å². The Morgan fingerprint density at radius 1 is 1.44 bits per heavy atom. The van der Waals surface area contributed by atoms with E-state index in [4.69, 9.17) is 9.52 Å². The second-order valence-electron chi connectivity index (χ2n) is 4.69. The van der Waals surface area contributed by atoms with E-state index in [0.717, 1.165) is 19.3 Å². The first-order valence-electron chi connectivity index (χ1n) is 6.27. The summed E-state index contributed by atoms with van der Waals surface area (Å²) < 4.78 is 31.4. The molecule has 1 N–H and O–H groups in total. The number of nitrogens with zero attached hydrogens (tertiary/aromatic N) is 1. The molecule has 1 aromatic heterocycles. The minimum atomic E-state index is -3.55. The lowest BCUT2D eigenvalue weighted by Gasteiger charge is -2.19. The van der Waals surface area contributed by atoms with Crippen LogP contribution in [0, 0.1) is 5.92 Å². The van der Waals surface area contributed by atoms with Gasteiger partial charge in [0, 0.05) is 13.1 Å². The third-order valence-corrected chi connectivity index (χ3v) is 4.76. The van der Waals surface area contributed by atoms with E-state index in [1.54, 1.807) is 0 Å². The third-order valence-electron chi connectivity index (χ3n) is 3.02. The summed E-state index contributed by atoms with van der Waals surface area (Å²) in [5.41, 5.74) is 0. The maximum Gasteiger partial charge on any atom is 0.276 e. The van der Waals surface area contributed by atoms with Crippen LogP contribution in [0.15, 0.2) is 21.6 Å². The van der Waals surface area contributed by atoms with Crippen LogP contribution in [-0.2, 0) is 16.6 Å². The molecule has 1 saturated carbocycles. The summed E-state index contributed by atoms with van der Waals surface area (Å²) in [5, 5.41) is 8.84. The van der Waals surface area contributed by atoms with Crippen LogP contribution in [-0.4, -0.2) is 30.9 Å². The number of aliphatic hydroxyl groups excluding tert-OH is 1. The van der Waals surface area contributed by atoms with Crippen molar-refractivity contribution < 1.29 is 17.9 Å². The summed E-state index contributed by atoms with van der Waals surface area (Å²) in [7, 11) is -3.55. The lowest BCUT2D eigenvalue weighted by atomic mass is 10.4. The molecule has 0 aromatic carbocycles. The fraction of sp³-hybridized carbons (Fsp3) is 0.667. The van der Waals surface area contributed by atoms with Gasteiger partial charge < -0.3 is 9.52 Å². The van der Waals surface area contributed by atoms with Gasteiger partial charge in [0.25, 0.3) is 10.0 Å². The first-order valence-corrected chi connectivity index (χ1v) is 7.71. The molecule has 1 aliphatic rings. The van der Waals surface area contributed by atoms with E-state index >= 15 is 0 Å². The Hall–Kier alpha value is -0.850. The van der Waals surface area contributed by atoms with Crippen molar-refractivity contribution in [3.63, 3.8) is 0 Å². The highest BCUT2D eigenvalue weighted by atomic mass is 32.2. The average molecular weight is 273 g/mol. The lowest BCUT2D eigenvalue weighted by molar-refractivity contribution is 0.234. The molecule has 5 nitrogen and oxygen atoms in total. The topological polar surface area (TPSA) is 70.8 Å². The largest absolute Gasteiger partial charge is 0.446 e. The zero-order chi connectivity index (χ0) is 13.2. The van der Waals surface area contributed by atoms with Gasteiger partial charge in [0.2, 0.25) is 5.09 Å². The van der Waals surface area contributed by atoms with Crippen molar-refractivity contribution in [3.05, 3.63) is 17.9 Å². The number of sulfonamides is 1. The summed E-state index contributed by atoms with van der Waals surface area (Å²) in [6.07, 6.45) is 2.99. The summed E-state index contributed by atoms with van der Waals surface area (Å²) in [6.45, 7) is 2.75. The van der Waals surface area contributed by atoms with Gasteiger partial charge in [-0.15, -0.1) is 0 Å². The zero-order valence-electron chi connectivity index (χ0n) is 10.5. The molecule has 1 aliphatic carbocycles. The van der Waals surface area contributed by atoms with Gasteiger partial charge in [-0.05, 0) is 37.3 Å². The molecule has 0 radical (unpaired) electrons. The van der Waals surface area contributed by atoms with Crippen molar-refractivity contribution in [3.8, 4) is 0 Å². The van der Waals surface area contributed by atoms with Crippen LogP contribution >= 0.6 is 0 Å². The molecule has 0 spiro atoms. The van der Waals surface area contributed by atoms with E-state index in [2.05, 4.69) is 0 Å². The molecule has 2 rings (SSSR count). The molecule has 102 valence electrons. The molecule has 0 atom stereocenters. The van der Waals surface area contributed by atoms with Crippen LogP contribution in [0.3, 0.4) is 0 Å². The fourth-order valence-corrected chi connectivity index (χ4v) is 3.39. The minimum absolute atomic E-state index is 0.0688. The molecule has 0 amide bonds. The Morgan fingerprint density at radius 3 is 2.67 bits per heavy atom. The number of hydrogen-bond donors (Lipinski definition) is 1. The highest BCUT2D eigenvalue weighted by molar-refractivity contribution is 7.89. The average Bonchev–Trinajstić information content (AvgIpc) is 3.02. The smallest absolute Gasteiger partial charge is 0.276 e. The lowest BCUT2D eigenvalue weighted by Crippen LogP contribution is -2.33. The highest BCUT2D eigenvalue weighted by Gasteiger charge is 2.32. The summed E-state index contributed by atoms with van der Waals surface area (Å²) in [6, 6.07) is 2.91. The highest BCUT2D eigenvalue weighted by Crippen LogP contribution is 2.32. The Bertz CT molecular complexity index is 490. The quantitative estimate of drug-likeness (QED) is 0.819. The maximum absolute atomic E-state index is 12.4. The second-order valence-corrected chi connectivity index (χ2v) is 6.55. The molecule has 1 aromatic rings. The SMILES string of the molecule is CCCN(CC1CC1)S(=O)(=O)c1ccc(CO)o1. The van der Waals surface area contributed by atoms with Crippen LogP contribution in [0.5, 0.6) is 0 Å². The van der Waals surface area contributed by atoms with Gasteiger partial charge in [-0.2, -0.15) is 4.31 Å². The van der Waals surface area contributed by atoms with Gasteiger partial charge in [-0.3, -0.25) is 0 Å². The molecule has 0 unspecified atom stereocenters. The van der Waals surface area contributed by atoms with Gasteiger partial charge in [0.1, 0.15) is 12.4 Å². The van der Waals surface area contributed by atoms with Crippen LogP contribution < -0.4 is 0 Å². The van der Waals surface area contributed by atoms with Crippen LogP contribution in [0.1, 0.15) is 31.9 Å². The van der Waals surface area contributed by atoms with Crippen molar-refractivity contribution in [1.29, 1.82) is 0 Å². The number of furan rings is 1. The third kappa shape index (κ3) is 2.93. The molecule has 1 heterocycles. The van der Waals surface area contributed by atoms with Crippen LogP contribution in [0.2, 0.25) is 0 Å². The summed E-state index contributed by atoms with van der Waals surface area (Å²) >= 11 is 0. The summed E-state index contributed by atoms with van der Waals surface area (Å²) in [4.78, 5) is 0. The van der Waals surface area contributed by atoms with E-state index in [9.17, 15) is 8.42 Å². The monoisotopic (exact) mass is 273 g/mol. The first kappa shape index (κ1) is 13.6. The second kappa shape index (κ2) is 5.42. The fourth-order valence-electron chi connectivity index (χ4n) is 1.86. The molecular formula is C12H19NO4S. The maximum atomic E-state index is 12.4. The zero-order valence-corrected chi connectivity index (χ0v) is 11.3. The number of aliphatic hydroxyl groups is 1. The predicted molar refractivity (Wildman–Crippen MR) is 66.4 cm³/mol. The van der Waals surface area contributed by atoms with E-state index in [0.29, 0.717) is 19.0 Å². The minimum Gasteiger partial charge on any atom is -0.446 e. The van der Waals surface area contributed by atoms with E-state index in [1.807, 2.05) is 6.92 Å². The normalized spacial score (nSPS) is 16.4. The van der Waals surface area contributed by atoms with Gasteiger partial charge in [0.15, 0.2) is 0 Å². The van der Waals surface area contributed by atoms with Gasteiger partial charge in [-0.25, -0.2) is 8.42 Å². The standard InChI is InChI=1S/C12H19NO4S/c1-2-7-13(8-10-3-4-10)18(15,16)12-6-5-11(9-14)17-12/h5-6,10,14H,2-4,7-9H2,1H3. The molecule has 0 bridgehead atoms. The van der Waals surface area contributed by atoms with Gasteiger partial charge in [0.05, 0.1) is 0 Å². The Kier molecular flexibility index (Phi) is 4.09. The Balaban J connectivity index is 2.19. The van der Waals surface area contributed by atoms with E-state index in [1.165, 1.54) is 16.4 Å². The van der Waals surface area contributed by atoms with Crippen molar-refractivity contribution in [2.24, 2.45) is 5.92 Å². The van der Waals surface area contributed by atoms with Gasteiger partial charge in [-0.1, -0.05) is 6.92 Å². The molecule has 6 heteroatoms. The van der Waals surface area contributed by atoms with Crippen molar-refractivity contribution in [2.75, 3.05) is 13.1 Å². The molecule has 0 saturated heterocycles. The van der Waals surface area contributed by atoms with Crippen LogP contribution in [0.4, 0.5) is 0 Å². The molecular weight excluding hydrogens is 254 g/mol. The number of rotatable bonds is 7. The van der Waals surface area contributed by atoms with E-state index < -0.39 is 10.0 Å². The van der Waals surface area contributed by atoms with E-state index in [-0.39, 0.29) is 17.5 Å². The molecule has 18 heavy (non-hydrogen) atoms. The molecule has 1 fully saturated rings. The Morgan fingerprint density at radius 2 is 2.17 bits per heavy atom. The molecule has 0 aliphatic heterocycles. The summed E-state index contributed by atoms with van der Waals surface area (Å²) in [5.74, 6) is 0.773. The number of hydrogen-bond acceptors (Lipinski definition) is 4. The van der Waals surface area contributed by atoms with Gasteiger partial charge >= 0.3 is 0 Å². The predicted octanol–water partition coefficient (Wildman–Crippen LogP) is 1.58. The Labute approximate surface area is 107 Å².